The topological polar surface area (TPSA) is 71.0 Å². The minimum atomic E-state index is -0.864. The standard InChI is InChI=1S/C13H29NO4/c1-10(8-17-6)18-9-11(15)7-14-12(2,3)13(4,5)16/h10-11,14-16H,7-9H2,1-6H3. The first kappa shape index (κ1) is 17.8. The van der Waals surface area contributed by atoms with Crippen LogP contribution in [0.15, 0.2) is 0 Å². The van der Waals surface area contributed by atoms with E-state index in [4.69, 9.17) is 9.47 Å². The number of nitrogens with one attached hydrogen (secondary N) is 1. The Balaban J connectivity index is 3.93. The number of aliphatic hydroxyl groups is 2. The molecule has 0 saturated carbocycles. The van der Waals surface area contributed by atoms with Gasteiger partial charge in [0.05, 0.1) is 31.0 Å². The van der Waals surface area contributed by atoms with Gasteiger partial charge in [-0.1, -0.05) is 0 Å². The molecule has 18 heavy (non-hydrogen) atoms. The average molecular weight is 263 g/mol. The fourth-order valence-corrected chi connectivity index (χ4v) is 1.21. The molecule has 3 N–H and O–H groups in total. The summed E-state index contributed by atoms with van der Waals surface area (Å²) in [5.74, 6) is 0. The van der Waals surface area contributed by atoms with E-state index in [1.807, 2.05) is 20.8 Å². The Morgan fingerprint density at radius 3 is 2.17 bits per heavy atom. The molecule has 2 atom stereocenters. The summed E-state index contributed by atoms with van der Waals surface area (Å²) in [6.07, 6.45) is -0.641. The molecule has 2 unspecified atom stereocenters. The van der Waals surface area contributed by atoms with Crippen molar-refractivity contribution in [2.24, 2.45) is 0 Å². The summed E-state index contributed by atoms with van der Waals surface area (Å²) in [6.45, 7) is 10.3. The molecule has 0 saturated heterocycles. The zero-order valence-electron chi connectivity index (χ0n) is 12.5. The maximum atomic E-state index is 9.95. The van der Waals surface area contributed by atoms with E-state index in [1.165, 1.54) is 0 Å². The largest absolute Gasteiger partial charge is 0.389 e. The van der Waals surface area contributed by atoms with Crippen LogP contribution in [-0.4, -0.2) is 60.4 Å². The molecule has 0 radical (unpaired) electrons. The highest BCUT2D eigenvalue weighted by Gasteiger charge is 2.34. The molecular formula is C13H29NO4. The second-order valence-corrected chi connectivity index (χ2v) is 5.82. The van der Waals surface area contributed by atoms with E-state index in [0.29, 0.717) is 13.2 Å². The molecule has 110 valence electrons. The van der Waals surface area contributed by atoms with Crippen molar-refractivity contribution in [2.45, 2.75) is 58.0 Å². The van der Waals surface area contributed by atoms with Gasteiger partial charge in [-0.05, 0) is 34.6 Å². The van der Waals surface area contributed by atoms with E-state index >= 15 is 0 Å². The van der Waals surface area contributed by atoms with Crippen LogP contribution in [0.25, 0.3) is 0 Å². The number of aliphatic hydroxyl groups excluding tert-OH is 1. The Bertz CT molecular complexity index is 226. The first-order valence-corrected chi connectivity index (χ1v) is 6.36. The third-order valence-corrected chi connectivity index (χ3v) is 3.28. The van der Waals surface area contributed by atoms with Crippen LogP contribution in [0.1, 0.15) is 34.6 Å². The van der Waals surface area contributed by atoms with E-state index in [9.17, 15) is 10.2 Å². The maximum absolute atomic E-state index is 9.95. The summed E-state index contributed by atoms with van der Waals surface area (Å²) < 4.78 is 10.4. The van der Waals surface area contributed by atoms with Crippen LogP contribution >= 0.6 is 0 Å². The minimum Gasteiger partial charge on any atom is -0.389 e. The van der Waals surface area contributed by atoms with Crippen molar-refractivity contribution in [3.63, 3.8) is 0 Å². The highest BCUT2D eigenvalue weighted by Crippen LogP contribution is 2.20. The monoisotopic (exact) mass is 263 g/mol. The summed E-state index contributed by atoms with van der Waals surface area (Å²) in [5.41, 5.74) is -1.34. The maximum Gasteiger partial charge on any atom is 0.0898 e. The lowest BCUT2D eigenvalue weighted by Crippen LogP contribution is -2.57. The number of hydrogen-bond donors (Lipinski definition) is 3. The number of hydrogen-bond acceptors (Lipinski definition) is 5. The van der Waals surface area contributed by atoms with Gasteiger partial charge in [0.2, 0.25) is 0 Å². The molecule has 0 rings (SSSR count). The van der Waals surface area contributed by atoms with Crippen LogP contribution in [0.3, 0.4) is 0 Å². The smallest absolute Gasteiger partial charge is 0.0898 e. The predicted octanol–water partition coefficient (Wildman–Crippen LogP) is 0.538. The molecule has 0 heterocycles. The molecule has 5 heteroatoms. The fourth-order valence-electron chi connectivity index (χ4n) is 1.21. The molecule has 0 fully saturated rings. The van der Waals surface area contributed by atoms with E-state index < -0.39 is 17.2 Å². The molecule has 5 nitrogen and oxygen atoms in total. The molecule has 0 aromatic carbocycles. The zero-order chi connectivity index (χ0) is 14.4. The number of rotatable bonds is 9. The van der Waals surface area contributed by atoms with E-state index in [1.54, 1.807) is 21.0 Å². The van der Waals surface area contributed by atoms with Crippen molar-refractivity contribution in [1.29, 1.82) is 0 Å². The van der Waals surface area contributed by atoms with Crippen LogP contribution in [0.5, 0.6) is 0 Å². The van der Waals surface area contributed by atoms with Crippen molar-refractivity contribution >= 4 is 0 Å². The van der Waals surface area contributed by atoms with Crippen molar-refractivity contribution in [3.05, 3.63) is 0 Å². The number of ether oxygens (including phenoxy) is 2. The highest BCUT2D eigenvalue weighted by molar-refractivity contribution is 4.93. The molecular weight excluding hydrogens is 234 g/mol. The van der Waals surface area contributed by atoms with Gasteiger partial charge in [0, 0.05) is 19.2 Å². The van der Waals surface area contributed by atoms with Crippen LogP contribution in [0, 0.1) is 0 Å². The van der Waals surface area contributed by atoms with E-state index in [2.05, 4.69) is 5.32 Å². The molecule has 0 spiro atoms. The van der Waals surface area contributed by atoms with E-state index in [0.717, 1.165) is 0 Å². The highest BCUT2D eigenvalue weighted by atomic mass is 16.5. The van der Waals surface area contributed by atoms with Gasteiger partial charge >= 0.3 is 0 Å². The summed E-state index contributed by atoms with van der Waals surface area (Å²) in [5, 5.41) is 22.9. The van der Waals surface area contributed by atoms with Gasteiger partial charge in [-0.3, -0.25) is 0 Å². The molecule has 0 amide bonds. The van der Waals surface area contributed by atoms with Crippen molar-refractivity contribution in [1.82, 2.24) is 5.32 Å². The van der Waals surface area contributed by atoms with Crippen molar-refractivity contribution < 1.29 is 19.7 Å². The van der Waals surface area contributed by atoms with Gasteiger partial charge in [-0.25, -0.2) is 0 Å². The second kappa shape index (κ2) is 7.40. The van der Waals surface area contributed by atoms with Crippen molar-refractivity contribution in [2.75, 3.05) is 26.9 Å². The summed E-state index contributed by atoms with van der Waals surface area (Å²) >= 11 is 0. The first-order valence-electron chi connectivity index (χ1n) is 6.36. The fraction of sp³-hybridized carbons (Fsp3) is 1.00. The molecule has 0 aromatic rings. The number of methoxy groups -OCH3 is 1. The predicted molar refractivity (Wildman–Crippen MR) is 71.7 cm³/mol. The van der Waals surface area contributed by atoms with Crippen LogP contribution in [-0.2, 0) is 9.47 Å². The molecule has 0 aliphatic heterocycles. The molecule has 0 bridgehead atoms. The minimum absolute atomic E-state index is 0.0352. The Kier molecular flexibility index (Phi) is 7.32. The summed E-state index contributed by atoms with van der Waals surface area (Å²) in [7, 11) is 1.61. The van der Waals surface area contributed by atoms with Gasteiger partial charge in [0.1, 0.15) is 0 Å². The van der Waals surface area contributed by atoms with Crippen LogP contribution < -0.4 is 5.32 Å². The lowest BCUT2D eigenvalue weighted by molar-refractivity contribution is -0.0418. The number of β-amino-alcohol motifs (C(OH)–C–C–N with tert-alkyl or cyclic N) is 1. The van der Waals surface area contributed by atoms with Gasteiger partial charge in [-0.2, -0.15) is 0 Å². The third-order valence-electron chi connectivity index (χ3n) is 3.28. The summed E-state index contributed by atoms with van der Waals surface area (Å²) in [4.78, 5) is 0. The Morgan fingerprint density at radius 2 is 1.72 bits per heavy atom. The van der Waals surface area contributed by atoms with Crippen molar-refractivity contribution in [3.8, 4) is 0 Å². The molecule has 0 aromatic heterocycles. The first-order chi connectivity index (χ1) is 8.10. The summed E-state index contributed by atoms with van der Waals surface area (Å²) in [6, 6.07) is 0. The zero-order valence-corrected chi connectivity index (χ0v) is 12.5. The van der Waals surface area contributed by atoms with Crippen LogP contribution in [0.4, 0.5) is 0 Å². The third kappa shape index (κ3) is 6.66. The van der Waals surface area contributed by atoms with Gasteiger partial charge < -0.3 is 25.0 Å². The Morgan fingerprint density at radius 1 is 1.17 bits per heavy atom. The lowest BCUT2D eigenvalue weighted by Gasteiger charge is -2.38. The Labute approximate surface area is 110 Å². The second-order valence-electron chi connectivity index (χ2n) is 5.82. The molecule has 0 aliphatic rings. The Hall–Kier alpha value is -0.200. The SMILES string of the molecule is COCC(C)OCC(O)CNC(C)(C)C(C)(C)O. The van der Waals surface area contributed by atoms with E-state index in [-0.39, 0.29) is 12.7 Å². The van der Waals surface area contributed by atoms with Gasteiger partial charge in [-0.15, -0.1) is 0 Å². The van der Waals surface area contributed by atoms with Gasteiger partial charge in [0.25, 0.3) is 0 Å². The lowest BCUT2D eigenvalue weighted by atomic mass is 9.86. The molecule has 0 aliphatic carbocycles. The van der Waals surface area contributed by atoms with Gasteiger partial charge in [0.15, 0.2) is 0 Å². The normalized spacial score (nSPS) is 16.7. The quantitative estimate of drug-likeness (QED) is 0.566. The van der Waals surface area contributed by atoms with Crippen LogP contribution in [0.2, 0.25) is 0 Å². The average Bonchev–Trinajstić information content (AvgIpc) is 2.22.